The third kappa shape index (κ3) is 3.28. The summed E-state index contributed by atoms with van der Waals surface area (Å²) in [6.07, 6.45) is 0. The average Bonchev–Trinajstić information content (AvgIpc) is 2.76. The van der Waals surface area contributed by atoms with Gasteiger partial charge in [-0.2, -0.15) is 5.10 Å². The van der Waals surface area contributed by atoms with Crippen LogP contribution in [0.3, 0.4) is 0 Å². The lowest BCUT2D eigenvalue weighted by Gasteiger charge is -2.11. The molecule has 0 fully saturated rings. The number of aromatic hydroxyl groups is 1. The second-order valence-corrected chi connectivity index (χ2v) is 5.00. The van der Waals surface area contributed by atoms with Crippen LogP contribution in [0.5, 0.6) is 5.75 Å². The first-order chi connectivity index (χ1) is 9.92. The summed E-state index contributed by atoms with van der Waals surface area (Å²) >= 11 is 6.11. The Balaban J connectivity index is 2.19. The fourth-order valence-electron chi connectivity index (χ4n) is 1.99. The lowest BCUT2D eigenvalue weighted by atomic mass is 10.1. The van der Waals surface area contributed by atoms with Crippen LogP contribution in [0.15, 0.2) is 18.2 Å². The van der Waals surface area contributed by atoms with E-state index in [1.54, 1.807) is 4.68 Å². The van der Waals surface area contributed by atoms with Gasteiger partial charge in [-0.1, -0.05) is 11.6 Å². The molecular formula is C14H16ClN3O3. The number of esters is 1. The molecule has 112 valence electrons. The number of phenols is 1. The molecule has 0 atom stereocenters. The van der Waals surface area contributed by atoms with Gasteiger partial charge in [-0.05, 0) is 19.1 Å². The number of ether oxygens (including phenoxy) is 1. The number of benzene rings is 1. The van der Waals surface area contributed by atoms with Crippen molar-refractivity contribution in [3.63, 3.8) is 0 Å². The zero-order valence-corrected chi connectivity index (χ0v) is 12.7. The minimum atomic E-state index is -0.636. The first-order valence-electron chi connectivity index (χ1n) is 6.26. The van der Waals surface area contributed by atoms with E-state index in [0.29, 0.717) is 17.3 Å². The van der Waals surface area contributed by atoms with Gasteiger partial charge in [-0.3, -0.25) is 4.68 Å². The van der Waals surface area contributed by atoms with Gasteiger partial charge < -0.3 is 15.2 Å². The van der Waals surface area contributed by atoms with Crippen molar-refractivity contribution in [1.29, 1.82) is 0 Å². The Morgan fingerprint density at radius 2 is 2.19 bits per heavy atom. The number of rotatable bonds is 4. The van der Waals surface area contributed by atoms with Gasteiger partial charge in [0.25, 0.3) is 0 Å². The van der Waals surface area contributed by atoms with Gasteiger partial charge in [0.15, 0.2) is 0 Å². The predicted molar refractivity (Wildman–Crippen MR) is 79.7 cm³/mol. The summed E-state index contributed by atoms with van der Waals surface area (Å²) in [5, 5.41) is 17.5. The molecule has 2 aromatic rings. The summed E-state index contributed by atoms with van der Waals surface area (Å²) in [4.78, 5) is 11.5. The summed E-state index contributed by atoms with van der Waals surface area (Å²) in [5.41, 5.74) is 2.45. The van der Waals surface area contributed by atoms with Crippen molar-refractivity contribution >= 4 is 23.3 Å². The number of halogens is 1. The van der Waals surface area contributed by atoms with Crippen LogP contribution < -0.4 is 5.32 Å². The van der Waals surface area contributed by atoms with Gasteiger partial charge in [-0.25, -0.2) is 4.79 Å². The zero-order valence-electron chi connectivity index (χ0n) is 12.0. The molecule has 2 rings (SSSR count). The highest BCUT2D eigenvalue weighted by molar-refractivity contribution is 6.33. The first kappa shape index (κ1) is 15.2. The molecule has 0 radical (unpaired) electrons. The summed E-state index contributed by atoms with van der Waals surface area (Å²) in [5.74, 6) is -0.821. The van der Waals surface area contributed by atoms with Crippen LogP contribution in [0.4, 0.5) is 5.69 Å². The number of hydrogen-bond acceptors (Lipinski definition) is 5. The van der Waals surface area contributed by atoms with Crippen molar-refractivity contribution < 1.29 is 14.6 Å². The number of anilines is 1. The van der Waals surface area contributed by atoms with Crippen LogP contribution in [0.1, 0.15) is 21.7 Å². The minimum Gasteiger partial charge on any atom is -0.507 e. The highest BCUT2D eigenvalue weighted by Crippen LogP contribution is 2.31. The molecule has 0 bridgehead atoms. The first-order valence-corrected chi connectivity index (χ1v) is 6.64. The molecule has 1 aromatic carbocycles. The highest BCUT2D eigenvalue weighted by Gasteiger charge is 2.15. The van der Waals surface area contributed by atoms with Crippen LogP contribution in [-0.2, 0) is 18.3 Å². The van der Waals surface area contributed by atoms with Crippen LogP contribution in [0.2, 0.25) is 5.02 Å². The zero-order chi connectivity index (χ0) is 15.6. The summed E-state index contributed by atoms with van der Waals surface area (Å²) < 4.78 is 6.33. The Hall–Kier alpha value is -2.21. The van der Waals surface area contributed by atoms with Crippen LogP contribution >= 0.6 is 11.6 Å². The number of nitrogens with one attached hydrogen (secondary N) is 1. The average molecular weight is 310 g/mol. The van der Waals surface area contributed by atoms with E-state index in [2.05, 4.69) is 15.2 Å². The molecule has 21 heavy (non-hydrogen) atoms. The van der Waals surface area contributed by atoms with Crippen LogP contribution in [0, 0.1) is 6.92 Å². The summed E-state index contributed by atoms with van der Waals surface area (Å²) in [6, 6.07) is 4.72. The molecule has 1 heterocycles. The Morgan fingerprint density at radius 3 is 2.76 bits per heavy atom. The fourth-order valence-corrected chi connectivity index (χ4v) is 2.22. The van der Waals surface area contributed by atoms with Gasteiger partial charge >= 0.3 is 5.97 Å². The molecule has 7 heteroatoms. The fraction of sp³-hybridized carbons (Fsp3) is 0.286. The van der Waals surface area contributed by atoms with E-state index in [0.717, 1.165) is 11.4 Å². The van der Waals surface area contributed by atoms with Gasteiger partial charge in [0.05, 0.1) is 35.8 Å². The minimum absolute atomic E-state index is 0.0319. The van der Waals surface area contributed by atoms with E-state index in [1.165, 1.54) is 19.2 Å². The number of carbonyl (C=O) groups is 1. The maximum absolute atomic E-state index is 11.5. The molecular weight excluding hydrogens is 294 g/mol. The number of carbonyl (C=O) groups excluding carboxylic acids is 1. The molecule has 0 aliphatic rings. The second-order valence-electron chi connectivity index (χ2n) is 4.60. The summed E-state index contributed by atoms with van der Waals surface area (Å²) in [7, 11) is 3.09. The molecule has 0 saturated carbocycles. The van der Waals surface area contributed by atoms with E-state index in [9.17, 15) is 9.90 Å². The van der Waals surface area contributed by atoms with Crippen molar-refractivity contribution in [2.24, 2.45) is 7.05 Å². The van der Waals surface area contributed by atoms with Crippen LogP contribution in [0.25, 0.3) is 0 Å². The molecule has 2 N–H and O–H groups in total. The van der Waals surface area contributed by atoms with Gasteiger partial charge in [-0.15, -0.1) is 0 Å². The van der Waals surface area contributed by atoms with E-state index < -0.39 is 5.97 Å². The lowest BCUT2D eigenvalue weighted by Crippen LogP contribution is -2.07. The van der Waals surface area contributed by atoms with Crippen molar-refractivity contribution in [2.45, 2.75) is 13.5 Å². The maximum Gasteiger partial charge on any atom is 0.341 e. The Bertz CT molecular complexity index is 682. The van der Waals surface area contributed by atoms with Gasteiger partial charge in [0, 0.05) is 13.1 Å². The third-order valence-electron chi connectivity index (χ3n) is 3.05. The molecule has 1 aromatic heterocycles. The summed E-state index contributed by atoms with van der Waals surface area (Å²) in [6.45, 7) is 2.40. The monoisotopic (exact) mass is 309 g/mol. The third-order valence-corrected chi connectivity index (χ3v) is 3.36. The van der Waals surface area contributed by atoms with E-state index >= 15 is 0 Å². The van der Waals surface area contributed by atoms with E-state index in [-0.39, 0.29) is 11.3 Å². The van der Waals surface area contributed by atoms with Gasteiger partial charge in [0.2, 0.25) is 0 Å². The number of aromatic nitrogens is 2. The Labute approximate surface area is 127 Å². The number of hydrogen-bond donors (Lipinski definition) is 2. The van der Waals surface area contributed by atoms with E-state index in [1.807, 2.05) is 20.0 Å². The Kier molecular flexibility index (Phi) is 4.37. The highest BCUT2D eigenvalue weighted by atomic mass is 35.5. The largest absolute Gasteiger partial charge is 0.507 e. The molecule has 0 aliphatic heterocycles. The molecule has 0 aliphatic carbocycles. The maximum atomic E-state index is 11.5. The van der Waals surface area contributed by atoms with Crippen molar-refractivity contribution in [1.82, 2.24) is 9.78 Å². The van der Waals surface area contributed by atoms with Crippen molar-refractivity contribution in [3.05, 3.63) is 40.2 Å². The molecule has 0 spiro atoms. The SMILES string of the molecule is COC(=O)c1cc(Cl)c(NCc2cc(C)nn2C)cc1O. The standard InChI is InChI=1S/C14H16ClN3O3/c1-8-4-9(18(2)17-8)7-16-12-6-13(19)10(5-11(12)15)14(20)21-3/h4-6,16,19H,7H2,1-3H3. The quantitative estimate of drug-likeness (QED) is 0.849. The number of methoxy groups -OCH3 is 1. The number of nitrogens with zero attached hydrogens (tertiary/aromatic N) is 2. The molecule has 0 saturated heterocycles. The van der Waals surface area contributed by atoms with Crippen molar-refractivity contribution in [3.8, 4) is 5.75 Å². The topological polar surface area (TPSA) is 76.4 Å². The van der Waals surface area contributed by atoms with Crippen molar-refractivity contribution in [2.75, 3.05) is 12.4 Å². The predicted octanol–water partition coefficient (Wildman–Crippen LogP) is 2.49. The normalized spacial score (nSPS) is 10.5. The molecule has 6 nitrogen and oxygen atoms in total. The van der Waals surface area contributed by atoms with Gasteiger partial charge in [0.1, 0.15) is 11.3 Å². The lowest BCUT2D eigenvalue weighted by molar-refractivity contribution is 0.0597. The number of phenolic OH excluding ortho intramolecular Hbond substituents is 1. The number of aryl methyl sites for hydroxylation is 2. The van der Waals surface area contributed by atoms with E-state index in [4.69, 9.17) is 11.6 Å². The second kappa shape index (κ2) is 6.05. The molecule has 0 unspecified atom stereocenters. The van der Waals surface area contributed by atoms with Crippen LogP contribution in [-0.4, -0.2) is 28.0 Å². The molecule has 0 amide bonds. The Morgan fingerprint density at radius 1 is 1.48 bits per heavy atom. The smallest absolute Gasteiger partial charge is 0.341 e.